The van der Waals surface area contributed by atoms with Crippen LogP contribution in [0.3, 0.4) is 0 Å². The molecule has 7 nitrogen and oxygen atoms in total. The number of likely N-dealkylation sites (N-methyl/N-ethyl adjacent to an activating group) is 1. The number of piperidine rings is 1. The minimum Gasteiger partial charge on any atom is -0.472 e. The Hall–Kier alpha value is -2.48. The van der Waals surface area contributed by atoms with Gasteiger partial charge in [0.15, 0.2) is 0 Å². The summed E-state index contributed by atoms with van der Waals surface area (Å²) in [6, 6.07) is 1.62. The summed E-state index contributed by atoms with van der Waals surface area (Å²) < 4.78 is 6.77. The zero-order valence-electron chi connectivity index (χ0n) is 13.3. The summed E-state index contributed by atoms with van der Waals surface area (Å²) in [6.07, 6.45) is 6.90. The number of carbonyl (C=O) groups is 1. The fourth-order valence-corrected chi connectivity index (χ4v) is 3.74. The average molecular weight is 343 g/mol. The van der Waals surface area contributed by atoms with E-state index in [9.17, 15) is 4.79 Å². The first-order chi connectivity index (χ1) is 11.8. The fourth-order valence-electron chi connectivity index (χ4n) is 2.94. The van der Waals surface area contributed by atoms with Crippen LogP contribution in [0.5, 0.6) is 0 Å². The van der Waals surface area contributed by atoms with E-state index in [2.05, 4.69) is 15.3 Å². The molecule has 0 saturated carbocycles. The van der Waals surface area contributed by atoms with E-state index in [4.69, 9.17) is 4.42 Å². The molecule has 1 aliphatic rings. The molecule has 1 amide bonds. The number of likely N-dealkylation sites (tertiary alicyclic amines) is 1. The Morgan fingerprint density at radius 1 is 1.42 bits per heavy atom. The summed E-state index contributed by atoms with van der Waals surface area (Å²) in [5.74, 6) is 0.123. The van der Waals surface area contributed by atoms with E-state index >= 15 is 0 Å². The van der Waals surface area contributed by atoms with E-state index in [0.29, 0.717) is 5.69 Å². The van der Waals surface area contributed by atoms with Crippen molar-refractivity contribution in [3.05, 3.63) is 30.2 Å². The highest BCUT2D eigenvalue weighted by atomic mass is 32.1. The van der Waals surface area contributed by atoms with Crippen LogP contribution in [0.15, 0.2) is 34.6 Å². The lowest BCUT2D eigenvalue weighted by Gasteiger charge is -2.31. The lowest BCUT2D eigenvalue weighted by Crippen LogP contribution is -2.42. The molecule has 3 aromatic rings. The fraction of sp³-hybridized carbons (Fsp3) is 0.375. The van der Waals surface area contributed by atoms with Gasteiger partial charge in [0, 0.05) is 24.0 Å². The average Bonchev–Trinajstić information content (AvgIpc) is 3.34. The maximum absolute atomic E-state index is 12.5. The van der Waals surface area contributed by atoms with E-state index in [-0.39, 0.29) is 11.9 Å². The highest BCUT2D eigenvalue weighted by molar-refractivity contribution is 7.13. The molecule has 0 spiro atoms. The molecule has 124 valence electrons. The van der Waals surface area contributed by atoms with Crippen LogP contribution in [0.25, 0.3) is 22.0 Å². The van der Waals surface area contributed by atoms with Crippen LogP contribution in [0.4, 0.5) is 0 Å². The van der Waals surface area contributed by atoms with E-state index in [1.807, 2.05) is 29.5 Å². The SMILES string of the molecule is CCN1CCCC(n2cc(-c3csc(-c4ccoc4)n3)nn2)C1=O. The first-order valence-electron chi connectivity index (χ1n) is 7.95. The second-order valence-corrected chi connectivity index (χ2v) is 6.57. The zero-order chi connectivity index (χ0) is 16.5. The van der Waals surface area contributed by atoms with E-state index in [1.54, 1.807) is 17.2 Å². The van der Waals surface area contributed by atoms with Gasteiger partial charge in [-0.3, -0.25) is 4.79 Å². The second-order valence-electron chi connectivity index (χ2n) is 5.71. The summed E-state index contributed by atoms with van der Waals surface area (Å²) in [5.41, 5.74) is 2.39. The third kappa shape index (κ3) is 2.62. The van der Waals surface area contributed by atoms with E-state index in [1.165, 1.54) is 11.3 Å². The van der Waals surface area contributed by atoms with Crippen molar-refractivity contribution in [3.8, 4) is 22.0 Å². The number of hydrogen-bond acceptors (Lipinski definition) is 6. The topological polar surface area (TPSA) is 77.1 Å². The third-order valence-corrected chi connectivity index (χ3v) is 5.14. The largest absolute Gasteiger partial charge is 0.472 e. The van der Waals surface area contributed by atoms with Gasteiger partial charge in [-0.2, -0.15) is 0 Å². The molecule has 3 aromatic heterocycles. The number of hydrogen-bond donors (Lipinski definition) is 0. The van der Waals surface area contributed by atoms with Crippen LogP contribution in [0, 0.1) is 0 Å². The predicted octanol–water partition coefficient (Wildman–Crippen LogP) is 2.85. The van der Waals surface area contributed by atoms with Gasteiger partial charge in [-0.05, 0) is 25.8 Å². The molecule has 0 N–H and O–H groups in total. The molecule has 0 aliphatic carbocycles. The number of rotatable bonds is 4. The molecule has 1 unspecified atom stereocenters. The number of thiazole rings is 1. The van der Waals surface area contributed by atoms with Crippen molar-refractivity contribution in [1.82, 2.24) is 24.9 Å². The first-order valence-corrected chi connectivity index (χ1v) is 8.83. The van der Waals surface area contributed by atoms with Crippen LogP contribution in [0.2, 0.25) is 0 Å². The molecule has 1 atom stereocenters. The van der Waals surface area contributed by atoms with Crippen LogP contribution in [-0.2, 0) is 4.79 Å². The van der Waals surface area contributed by atoms with Crippen molar-refractivity contribution in [2.24, 2.45) is 0 Å². The normalized spacial score (nSPS) is 18.3. The maximum atomic E-state index is 12.5. The summed E-state index contributed by atoms with van der Waals surface area (Å²) in [6.45, 7) is 3.56. The summed E-state index contributed by atoms with van der Waals surface area (Å²) >= 11 is 1.53. The van der Waals surface area contributed by atoms with Crippen LogP contribution < -0.4 is 0 Å². The number of aromatic nitrogens is 4. The molecule has 4 heterocycles. The van der Waals surface area contributed by atoms with E-state index < -0.39 is 0 Å². The number of carbonyl (C=O) groups excluding carboxylic acids is 1. The van der Waals surface area contributed by atoms with Gasteiger partial charge < -0.3 is 9.32 Å². The van der Waals surface area contributed by atoms with Gasteiger partial charge in [0.25, 0.3) is 0 Å². The standard InChI is InChI=1S/C16H17N5O2S/c1-2-20-6-3-4-14(16(20)22)21-8-12(18-19-21)13-10-24-15(17-13)11-5-7-23-9-11/h5,7-10,14H,2-4,6H2,1H3. The number of amides is 1. The van der Waals surface area contributed by atoms with Crippen LogP contribution in [0.1, 0.15) is 25.8 Å². The Morgan fingerprint density at radius 3 is 3.12 bits per heavy atom. The van der Waals surface area contributed by atoms with Gasteiger partial charge in [0.1, 0.15) is 28.7 Å². The predicted molar refractivity (Wildman–Crippen MR) is 89.4 cm³/mol. The van der Waals surface area contributed by atoms with Crippen LogP contribution >= 0.6 is 11.3 Å². The van der Waals surface area contributed by atoms with Crippen molar-refractivity contribution in [1.29, 1.82) is 0 Å². The van der Waals surface area contributed by atoms with Gasteiger partial charge in [-0.1, -0.05) is 5.21 Å². The van der Waals surface area contributed by atoms with Gasteiger partial charge in [0.2, 0.25) is 5.91 Å². The Labute approximate surface area is 142 Å². The number of furan rings is 1. The molecule has 4 rings (SSSR count). The second kappa shape index (κ2) is 6.20. The summed E-state index contributed by atoms with van der Waals surface area (Å²) in [4.78, 5) is 18.9. The zero-order valence-corrected chi connectivity index (χ0v) is 14.1. The summed E-state index contributed by atoms with van der Waals surface area (Å²) in [7, 11) is 0. The van der Waals surface area contributed by atoms with Gasteiger partial charge in [0.05, 0.1) is 12.5 Å². The molecule has 0 aromatic carbocycles. The quantitative estimate of drug-likeness (QED) is 0.728. The van der Waals surface area contributed by atoms with Crippen molar-refractivity contribution in [3.63, 3.8) is 0 Å². The highest BCUT2D eigenvalue weighted by Crippen LogP contribution is 2.29. The van der Waals surface area contributed by atoms with Crippen molar-refractivity contribution in [2.45, 2.75) is 25.8 Å². The van der Waals surface area contributed by atoms with Crippen molar-refractivity contribution in [2.75, 3.05) is 13.1 Å². The molecule has 0 radical (unpaired) electrons. The minimum atomic E-state index is -0.257. The molecule has 8 heteroatoms. The molecule has 1 saturated heterocycles. The highest BCUT2D eigenvalue weighted by Gasteiger charge is 2.30. The summed E-state index contributed by atoms with van der Waals surface area (Å²) in [5, 5.41) is 11.2. The Balaban J connectivity index is 1.58. The van der Waals surface area contributed by atoms with Gasteiger partial charge in [-0.25, -0.2) is 9.67 Å². The Kier molecular flexibility index (Phi) is 3.89. The Bertz CT molecular complexity index is 838. The third-order valence-electron chi connectivity index (χ3n) is 4.25. The van der Waals surface area contributed by atoms with Crippen molar-refractivity contribution >= 4 is 17.2 Å². The lowest BCUT2D eigenvalue weighted by molar-refractivity contribution is -0.137. The van der Waals surface area contributed by atoms with Gasteiger partial charge >= 0.3 is 0 Å². The molecule has 1 fully saturated rings. The Morgan fingerprint density at radius 2 is 2.33 bits per heavy atom. The number of nitrogens with zero attached hydrogens (tertiary/aromatic N) is 5. The first kappa shape index (κ1) is 15.1. The minimum absolute atomic E-state index is 0.123. The van der Waals surface area contributed by atoms with E-state index in [0.717, 1.165) is 42.2 Å². The smallest absolute Gasteiger partial charge is 0.247 e. The molecular weight excluding hydrogens is 326 g/mol. The molecule has 24 heavy (non-hydrogen) atoms. The monoisotopic (exact) mass is 343 g/mol. The lowest BCUT2D eigenvalue weighted by atomic mass is 10.1. The van der Waals surface area contributed by atoms with Crippen molar-refractivity contribution < 1.29 is 9.21 Å². The maximum Gasteiger partial charge on any atom is 0.247 e. The van der Waals surface area contributed by atoms with Crippen LogP contribution in [-0.4, -0.2) is 43.9 Å². The molecular formula is C16H17N5O2S. The molecule has 0 bridgehead atoms. The van der Waals surface area contributed by atoms with Gasteiger partial charge in [-0.15, -0.1) is 16.4 Å². The molecule has 1 aliphatic heterocycles.